The lowest BCUT2D eigenvalue weighted by atomic mass is 10.1. The molecule has 0 aromatic heterocycles. The van der Waals surface area contributed by atoms with Gasteiger partial charge in [0.15, 0.2) is 17.5 Å². The molecule has 2 aromatic carbocycles. The lowest BCUT2D eigenvalue weighted by Gasteiger charge is -2.19. The van der Waals surface area contributed by atoms with Gasteiger partial charge in [-0.1, -0.05) is 18.2 Å². The molecule has 2 N–H and O–H groups in total. The van der Waals surface area contributed by atoms with Gasteiger partial charge in [0.2, 0.25) is 6.79 Å². The summed E-state index contributed by atoms with van der Waals surface area (Å²) >= 11 is 0. The Morgan fingerprint density at radius 3 is 2.67 bits per heavy atom. The smallest absolute Gasteiger partial charge is 0.387 e. The molecule has 4 rings (SSSR count). The van der Waals surface area contributed by atoms with Gasteiger partial charge in [0.25, 0.3) is 0 Å². The van der Waals surface area contributed by atoms with E-state index in [1.165, 1.54) is 11.8 Å². The summed E-state index contributed by atoms with van der Waals surface area (Å²) in [5.41, 5.74) is 1.74. The summed E-state index contributed by atoms with van der Waals surface area (Å²) in [4.78, 5) is 6.96. The number of benzene rings is 2. The Labute approximate surface area is 209 Å². The molecule has 2 heterocycles. The normalized spacial score (nSPS) is 17.2. The fourth-order valence-corrected chi connectivity index (χ4v) is 3.91. The van der Waals surface area contributed by atoms with Gasteiger partial charge < -0.3 is 29.7 Å². The van der Waals surface area contributed by atoms with Gasteiger partial charge in [-0.25, -0.2) is 4.99 Å². The molecule has 1 atom stereocenters. The van der Waals surface area contributed by atoms with Crippen LogP contribution >= 0.6 is 24.0 Å². The van der Waals surface area contributed by atoms with Gasteiger partial charge in [0, 0.05) is 43.5 Å². The van der Waals surface area contributed by atoms with Crippen LogP contribution < -0.4 is 29.7 Å². The van der Waals surface area contributed by atoms with Crippen LogP contribution in [0.2, 0.25) is 0 Å². The lowest BCUT2D eigenvalue weighted by molar-refractivity contribution is -0.0505. The van der Waals surface area contributed by atoms with Crippen LogP contribution in [0.5, 0.6) is 17.2 Å². The van der Waals surface area contributed by atoms with Crippen LogP contribution in [0.1, 0.15) is 18.9 Å². The molecule has 0 saturated carbocycles. The van der Waals surface area contributed by atoms with Crippen molar-refractivity contribution in [3.05, 3.63) is 48.0 Å². The number of guanidine groups is 1. The molecule has 10 heteroatoms. The molecule has 7 nitrogen and oxygen atoms in total. The van der Waals surface area contributed by atoms with Crippen LogP contribution in [0.4, 0.5) is 14.5 Å². The summed E-state index contributed by atoms with van der Waals surface area (Å²) in [5.74, 6) is 2.05. The van der Waals surface area contributed by atoms with E-state index in [1.807, 2.05) is 13.0 Å². The van der Waals surface area contributed by atoms with E-state index in [0.717, 1.165) is 26.1 Å². The highest BCUT2D eigenvalue weighted by Gasteiger charge is 2.23. The minimum Gasteiger partial charge on any atom is -0.454 e. The quantitative estimate of drug-likeness (QED) is 0.280. The third-order valence-electron chi connectivity index (χ3n) is 5.49. The van der Waals surface area contributed by atoms with Crippen molar-refractivity contribution in [2.24, 2.45) is 10.9 Å². The van der Waals surface area contributed by atoms with Crippen LogP contribution in [0.15, 0.2) is 47.5 Å². The number of ether oxygens (including phenoxy) is 3. The number of fused-ring (bicyclic) bond motifs is 1. The molecule has 2 aromatic rings. The SMILES string of the molecule is CCNC(=NCc1cc2c(cc1OC(F)F)OCO2)NCC1CCN(c2ccccc2)C1.I. The number of halogens is 3. The molecule has 0 aliphatic carbocycles. The van der Waals surface area contributed by atoms with Gasteiger partial charge in [-0.05, 0) is 37.5 Å². The second-order valence-electron chi connectivity index (χ2n) is 7.70. The molecule has 0 amide bonds. The second kappa shape index (κ2) is 12.1. The van der Waals surface area contributed by atoms with Crippen molar-refractivity contribution in [2.45, 2.75) is 26.5 Å². The fraction of sp³-hybridized carbons (Fsp3) is 0.435. The van der Waals surface area contributed by atoms with Crippen molar-refractivity contribution in [1.82, 2.24) is 10.6 Å². The van der Waals surface area contributed by atoms with E-state index in [1.54, 1.807) is 6.07 Å². The summed E-state index contributed by atoms with van der Waals surface area (Å²) in [6.45, 7) is 2.73. The van der Waals surface area contributed by atoms with Crippen LogP contribution in [-0.2, 0) is 6.54 Å². The minimum absolute atomic E-state index is 0. The largest absolute Gasteiger partial charge is 0.454 e. The number of hydrogen-bond donors (Lipinski definition) is 2. The van der Waals surface area contributed by atoms with E-state index in [2.05, 4.69) is 49.5 Å². The van der Waals surface area contributed by atoms with E-state index in [-0.39, 0.29) is 43.1 Å². The molecule has 0 radical (unpaired) electrons. The Bertz CT molecular complexity index is 933. The molecule has 2 aliphatic rings. The average Bonchev–Trinajstić information content (AvgIpc) is 3.45. The van der Waals surface area contributed by atoms with Gasteiger partial charge in [0.1, 0.15) is 5.75 Å². The van der Waals surface area contributed by atoms with Crippen LogP contribution in [0.3, 0.4) is 0 Å². The number of nitrogens with zero attached hydrogens (tertiary/aromatic N) is 2. The van der Waals surface area contributed by atoms with Crippen LogP contribution in [0.25, 0.3) is 0 Å². The molecule has 1 fully saturated rings. The Balaban J connectivity index is 0.00000306. The van der Waals surface area contributed by atoms with E-state index >= 15 is 0 Å². The molecule has 1 saturated heterocycles. The zero-order valence-electron chi connectivity index (χ0n) is 18.4. The predicted octanol–water partition coefficient (Wildman–Crippen LogP) is 4.22. The number of para-hydroxylation sites is 1. The Hall–Kier alpha value is -2.50. The monoisotopic (exact) mass is 574 g/mol. The Kier molecular flexibility index (Phi) is 9.21. The van der Waals surface area contributed by atoms with Gasteiger partial charge in [-0.2, -0.15) is 8.78 Å². The zero-order valence-corrected chi connectivity index (χ0v) is 20.8. The minimum atomic E-state index is -2.93. The maximum atomic E-state index is 12.9. The number of alkyl halides is 2. The first-order valence-electron chi connectivity index (χ1n) is 10.8. The maximum absolute atomic E-state index is 12.9. The molecule has 180 valence electrons. The van der Waals surface area contributed by atoms with Crippen molar-refractivity contribution in [3.63, 3.8) is 0 Å². The number of anilines is 1. The third kappa shape index (κ3) is 6.75. The highest BCUT2D eigenvalue weighted by atomic mass is 127. The molecule has 0 spiro atoms. The van der Waals surface area contributed by atoms with Crippen LogP contribution in [-0.4, -0.2) is 45.5 Å². The summed E-state index contributed by atoms with van der Waals surface area (Å²) in [6, 6.07) is 13.5. The van der Waals surface area contributed by atoms with Crippen molar-refractivity contribution in [3.8, 4) is 17.2 Å². The maximum Gasteiger partial charge on any atom is 0.387 e. The standard InChI is InChI=1S/C23H28F2N4O3.HI/c1-2-26-23(27-12-16-8-9-29(14-16)18-6-4-3-5-7-18)28-13-17-10-20-21(31-15-30-20)11-19(17)32-22(24)25;/h3-7,10-11,16,22H,2,8-9,12-15H2,1H3,(H2,26,27,28);1H. The van der Waals surface area contributed by atoms with Crippen molar-refractivity contribution in [1.29, 1.82) is 0 Å². The number of hydrogen-bond acceptors (Lipinski definition) is 5. The first kappa shape index (κ1) is 25.1. The second-order valence-corrected chi connectivity index (χ2v) is 7.70. The van der Waals surface area contributed by atoms with Gasteiger partial charge in [-0.3, -0.25) is 0 Å². The summed E-state index contributed by atoms with van der Waals surface area (Å²) in [7, 11) is 0. The predicted molar refractivity (Wildman–Crippen MR) is 134 cm³/mol. The molecule has 33 heavy (non-hydrogen) atoms. The van der Waals surface area contributed by atoms with Gasteiger partial charge >= 0.3 is 6.61 Å². The zero-order chi connectivity index (χ0) is 22.3. The first-order chi connectivity index (χ1) is 15.6. The van der Waals surface area contributed by atoms with Crippen molar-refractivity contribution < 1.29 is 23.0 Å². The highest BCUT2D eigenvalue weighted by Crippen LogP contribution is 2.39. The summed E-state index contributed by atoms with van der Waals surface area (Å²) in [6.07, 6.45) is 1.09. The summed E-state index contributed by atoms with van der Waals surface area (Å²) in [5, 5.41) is 6.60. The highest BCUT2D eigenvalue weighted by molar-refractivity contribution is 14.0. The Morgan fingerprint density at radius 2 is 1.94 bits per heavy atom. The fourth-order valence-electron chi connectivity index (χ4n) is 3.91. The average molecular weight is 574 g/mol. The molecule has 1 unspecified atom stereocenters. The van der Waals surface area contributed by atoms with Crippen molar-refractivity contribution >= 4 is 35.6 Å². The number of nitrogens with one attached hydrogen (secondary N) is 2. The molecule has 0 bridgehead atoms. The van der Waals surface area contributed by atoms with E-state index in [0.29, 0.717) is 35.5 Å². The van der Waals surface area contributed by atoms with E-state index in [4.69, 9.17) is 9.47 Å². The lowest BCUT2D eigenvalue weighted by Crippen LogP contribution is -2.40. The van der Waals surface area contributed by atoms with Crippen molar-refractivity contribution in [2.75, 3.05) is 37.9 Å². The molecular formula is C23H29F2IN4O3. The molecular weight excluding hydrogens is 545 g/mol. The first-order valence-corrected chi connectivity index (χ1v) is 10.8. The number of rotatable bonds is 8. The Morgan fingerprint density at radius 1 is 1.18 bits per heavy atom. The van der Waals surface area contributed by atoms with Crippen LogP contribution in [0, 0.1) is 5.92 Å². The number of aliphatic imine (C=N–C) groups is 1. The van der Waals surface area contributed by atoms with E-state index < -0.39 is 6.61 Å². The van der Waals surface area contributed by atoms with Gasteiger partial charge in [-0.15, -0.1) is 24.0 Å². The molecule has 2 aliphatic heterocycles. The topological polar surface area (TPSA) is 67.4 Å². The third-order valence-corrected chi connectivity index (χ3v) is 5.49. The summed E-state index contributed by atoms with van der Waals surface area (Å²) < 4.78 is 41.0. The van der Waals surface area contributed by atoms with Gasteiger partial charge in [0.05, 0.1) is 6.54 Å². The van der Waals surface area contributed by atoms with E-state index in [9.17, 15) is 8.78 Å².